The van der Waals surface area contributed by atoms with Crippen LogP contribution in [-0.2, 0) is 4.74 Å². The maximum Gasteiger partial charge on any atom is 0.412 e. The Hall–Kier alpha value is -1.89. The number of ether oxygens (including phenoxy) is 1. The zero-order valence-electron chi connectivity index (χ0n) is 14.5. The summed E-state index contributed by atoms with van der Waals surface area (Å²) in [5, 5.41) is 2.52. The summed E-state index contributed by atoms with van der Waals surface area (Å²) in [5.41, 5.74) is -0.661. The molecule has 1 N–H and O–H groups in total. The Morgan fingerprint density at radius 1 is 1.38 bits per heavy atom. The standard InChI is InChI=1S/C17H26FN3O3/c1-17(2,3)24-16(23)19-14-5-4-9-21(15(14)22)13-6-10-20(11-7-13)12-8-18/h4-5,9,13H,6-8,10-12H2,1-3H3,(H,19,23). The predicted molar refractivity (Wildman–Crippen MR) is 91.2 cm³/mol. The maximum atomic E-state index is 12.6. The normalized spacial score (nSPS) is 16.8. The molecule has 0 bridgehead atoms. The fraction of sp³-hybridized carbons (Fsp3) is 0.647. The number of halogens is 1. The van der Waals surface area contributed by atoms with Crippen molar-refractivity contribution in [3.63, 3.8) is 0 Å². The highest BCUT2D eigenvalue weighted by molar-refractivity contribution is 5.84. The van der Waals surface area contributed by atoms with Crippen molar-refractivity contribution < 1.29 is 13.9 Å². The van der Waals surface area contributed by atoms with E-state index in [1.165, 1.54) is 0 Å². The summed E-state index contributed by atoms with van der Waals surface area (Å²) < 4.78 is 19.2. The number of carbonyl (C=O) groups excluding carboxylic acids is 1. The Morgan fingerprint density at radius 3 is 2.62 bits per heavy atom. The van der Waals surface area contributed by atoms with E-state index in [4.69, 9.17) is 4.74 Å². The molecule has 0 saturated carbocycles. The van der Waals surface area contributed by atoms with Crippen molar-refractivity contribution in [2.75, 3.05) is 31.6 Å². The van der Waals surface area contributed by atoms with Crippen LogP contribution >= 0.6 is 0 Å². The third kappa shape index (κ3) is 5.06. The fourth-order valence-electron chi connectivity index (χ4n) is 2.85. The molecule has 1 aliphatic heterocycles. The highest BCUT2D eigenvalue weighted by Crippen LogP contribution is 2.21. The molecule has 6 nitrogen and oxygen atoms in total. The number of amides is 1. The molecule has 134 valence electrons. The molecule has 1 fully saturated rings. The summed E-state index contributed by atoms with van der Waals surface area (Å²) in [6, 6.07) is 3.37. The van der Waals surface area contributed by atoms with Gasteiger partial charge in [-0.15, -0.1) is 0 Å². The Bertz CT molecular complexity index is 616. The van der Waals surface area contributed by atoms with Crippen molar-refractivity contribution in [1.29, 1.82) is 0 Å². The van der Waals surface area contributed by atoms with Gasteiger partial charge >= 0.3 is 6.09 Å². The van der Waals surface area contributed by atoms with Gasteiger partial charge in [-0.25, -0.2) is 9.18 Å². The van der Waals surface area contributed by atoms with Gasteiger partial charge in [-0.1, -0.05) is 0 Å². The molecule has 0 atom stereocenters. The number of piperidine rings is 1. The number of likely N-dealkylation sites (tertiary alicyclic amines) is 1. The highest BCUT2D eigenvalue weighted by atomic mass is 19.1. The van der Waals surface area contributed by atoms with Crippen LogP contribution in [0.2, 0.25) is 0 Å². The number of pyridine rings is 1. The number of anilines is 1. The molecule has 0 aliphatic carbocycles. The quantitative estimate of drug-likeness (QED) is 0.916. The summed E-state index contributed by atoms with van der Waals surface area (Å²) in [7, 11) is 0. The summed E-state index contributed by atoms with van der Waals surface area (Å²) in [6.07, 6.45) is 2.67. The van der Waals surface area contributed by atoms with Crippen LogP contribution in [0.25, 0.3) is 0 Å². The SMILES string of the molecule is CC(C)(C)OC(=O)Nc1cccn(C2CCN(CCF)CC2)c1=O. The van der Waals surface area contributed by atoms with Gasteiger partial charge in [0.25, 0.3) is 5.56 Å². The van der Waals surface area contributed by atoms with Gasteiger partial charge in [0.05, 0.1) is 0 Å². The second-order valence-electron chi connectivity index (χ2n) is 7.02. The Kier molecular flexibility index (Phi) is 5.99. The van der Waals surface area contributed by atoms with E-state index in [-0.39, 0.29) is 24.0 Å². The smallest absolute Gasteiger partial charge is 0.412 e. The summed E-state index contributed by atoms with van der Waals surface area (Å²) in [5.74, 6) is 0. The van der Waals surface area contributed by atoms with Crippen LogP contribution in [0.3, 0.4) is 0 Å². The zero-order chi connectivity index (χ0) is 17.7. The topological polar surface area (TPSA) is 63.6 Å². The minimum Gasteiger partial charge on any atom is -0.444 e. The van der Waals surface area contributed by atoms with Gasteiger partial charge in [-0.3, -0.25) is 10.1 Å². The predicted octanol–water partition coefficient (Wildman–Crippen LogP) is 2.80. The molecule has 1 aromatic rings. The van der Waals surface area contributed by atoms with E-state index in [2.05, 4.69) is 10.2 Å². The summed E-state index contributed by atoms with van der Waals surface area (Å²) in [6.45, 7) is 6.93. The van der Waals surface area contributed by atoms with E-state index < -0.39 is 11.7 Å². The van der Waals surface area contributed by atoms with Crippen LogP contribution in [0.1, 0.15) is 39.7 Å². The Balaban J connectivity index is 2.06. The first-order chi connectivity index (χ1) is 11.3. The first-order valence-corrected chi connectivity index (χ1v) is 8.29. The van der Waals surface area contributed by atoms with Crippen molar-refractivity contribution in [1.82, 2.24) is 9.47 Å². The lowest BCUT2D eigenvalue weighted by atomic mass is 10.0. The van der Waals surface area contributed by atoms with E-state index >= 15 is 0 Å². The first kappa shape index (κ1) is 18.4. The fourth-order valence-corrected chi connectivity index (χ4v) is 2.85. The van der Waals surface area contributed by atoms with Gasteiger partial charge in [-0.2, -0.15) is 0 Å². The number of carbonyl (C=O) groups is 1. The van der Waals surface area contributed by atoms with E-state index in [0.29, 0.717) is 6.54 Å². The van der Waals surface area contributed by atoms with Crippen molar-refractivity contribution in [3.8, 4) is 0 Å². The van der Waals surface area contributed by atoms with Gasteiger partial charge in [0, 0.05) is 31.9 Å². The van der Waals surface area contributed by atoms with Crippen LogP contribution < -0.4 is 10.9 Å². The molecule has 1 aliphatic rings. The lowest BCUT2D eigenvalue weighted by Crippen LogP contribution is -2.39. The highest BCUT2D eigenvalue weighted by Gasteiger charge is 2.22. The zero-order valence-corrected chi connectivity index (χ0v) is 14.5. The van der Waals surface area contributed by atoms with Gasteiger partial charge in [0.1, 0.15) is 18.0 Å². The Labute approximate surface area is 141 Å². The number of alkyl halides is 1. The molecule has 1 saturated heterocycles. The molecular formula is C17H26FN3O3. The van der Waals surface area contributed by atoms with Crippen molar-refractivity contribution >= 4 is 11.8 Å². The molecule has 24 heavy (non-hydrogen) atoms. The van der Waals surface area contributed by atoms with Gasteiger partial charge in [-0.05, 0) is 45.7 Å². The van der Waals surface area contributed by atoms with Crippen LogP contribution in [-0.4, -0.2) is 47.5 Å². The second kappa shape index (κ2) is 7.79. The number of hydrogen-bond acceptors (Lipinski definition) is 4. The Morgan fingerprint density at radius 2 is 2.04 bits per heavy atom. The number of aromatic nitrogens is 1. The third-order valence-electron chi connectivity index (χ3n) is 3.96. The summed E-state index contributed by atoms with van der Waals surface area (Å²) in [4.78, 5) is 26.5. The first-order valence-electron chi connectivity index (χ1n) is 8.29. The molecule has 0 unspecified atom stereocenters. The molecule has 0 aromatic carbocycles. The van der Waals surface area contributed by atoms with Gasteiger partial charge < -0.3 is 14.2 Å². The van der Waals surface area contributed by atoms with Gasteiger partial charge in [0.2, 0.25) is 0 Å². The molecule has 2 heterocycles. The minimum absolute atomic E-state index is 0.0637. The minimum atomic E-state index is -0.643. The van der Waals surface area contributed by atoms with Crippen LogP contribution in [0.5, 0.6) is 0 Å². The number of hydrogen-bond donors (Lipinski definition) is 1. The average molecular weight is 339 g/mol. The molecule has 1 aromatic heterocycles. The molecule has 2 rings (SSSR count). The number of rotatable bonds is 4. The monoisotopic (exact) mass is 339 g/mol. The van der Waals surface area contributed by atoms with E-state index in [1.54, 1.807) is 43.7 Å². The van der Waals surface area contributed by atoms with Gasteiger partial charge in [0.15, 0.2) is 0 Å². The number of nitrogens with zero attached hydrogens (tertiary/aromatic N) is 2. The third-order valence-corrected chi connectivity index (χ3v) is 3.96. The van der Waals surface area contributed by atoms with Crippen molar-refractivity contribution in [3.05, 3.63) is 28.7 Å². The largest absolute Gasteiger partial charge is 0.444 e. The lowest BCUT2D eigenvalue weighted by molar-refractivity contribution is 0.0635. The van der Waals surface area contributed by atoms with E-state index in [9.17, 15) is 14.0 Å². The maximum absolute atomic E-state index is 12.6. The number of nitrogens with one attached hydrogen (secondary N) is 1. The van der Waals surface area contributed by atoms with Crippen LogP contribution in [0, 0.1) is 0 Å². The second-order valence-corrected chi connectivity index (χ2v) is 7.02. The van der Waals surface area contributed by atoms with Crippen molar-refractivity contribution in [2.45, 2.75) is 45.3 Å². The molecule has 1 amide bonds. The average Bonchev–Trinajstić information content (AvgIpc) is 2.49. The summed E-state index contributed by atoms with van der Waals surface area (Å²) >= 11 is 0. The van der Waals surface area contributed by atoms with E-state index in [0.717, 1.165) is 25.9 Å². The van der Waals surface area contributed by atoms with Crippen LogP contribution in [0.15, 0.2) is 23.1 Å². The van der Waals surface area contributed by atoms with Crippen molar-refractivity contribution in [2.24, 2.45) is 0 Å². The molecule has 0 spiro atoms. The molecule has 0 radical (unpaired) electrons. The molecule has 7 heteroatoms. The van der Waals surface area contributed by atoms with Crippen LogP contribution in [0.4, 0.5) is 14.9 Å². The molecular weight excluding hydrogens is 313 g/mol. The lowest BCUT2D eigenvalue weighted by Gasteiger charge is -2.32. The van der Waals surface area contributed by atoms with E-state index in [1.807, 2.05) is 0 Å².